The molecule has 3 heteroatoms. The van der Waals surface area contributed by atoms with Crippen molar-refractivity contribution in [1.82, 2.24) is 4.98 Å². The highest BCUT2D eigenvalue weighted by Crippen LogP contribution is 2.09. The average Bonchev–Trinajstić information content (AvgIpc) is 2.46. The maximum atomic E-state index is 8.75. The van der Waals surface area contributed by atoms with Gasteiger partial charge in [-0.25, -0.2) is 4.98 Å². The molecule has 0 amide bonds. The zero-order valence-electron chi connectivity index (χ0n) is 12.0. The molecule has 0 fully saturated rings. The van der Waals surface area contributed by atoms with Crippen molar-refractivity contribution >= 4 is 5.82 Å². The third-order valence-electron chi connectivity index (χ3n) is 3.20. The van der Waals surface area contributed by atoms with Crippen LogP contribution < -0.4 is 5.32 Å². The lowest BCUT2D eigenvalue weighted by molar-refractivity contribution is 0.581. The van der Waals surface area contributed by atoms with E-state index in [1.54, 1.807) is 6.07 Å². The second kappa shape index (κ2) is 10.4. The molecule has 1 aromatic rings. The number of nitrogens with zero attached hydrogens (tertiary/aromatic N) is 2. The predicted octanol–water partition coefficient (Wildman–Crippen LogP) is 4.51. The first-order valence-corrected chi connectivity index (χ1v) is 7.48. The Kier molecular flexibility index (Phi) is 8.46. The Labute approximate surface area is 117 Å². The second-order valence-corrected chi connectivity index (χ2v) is 4.92. The molecule has 0 saturated carbocycles. The van der Waals surface area contributed by atoms with E-state index in [-0.39, 0.29) is 0 Å². The summed E-state index contributed by atoms with van der Waals surface area (Å²) in [5, 5.41) is 12.0. The summed E-state index contributed by atoms with van der Waals surface area (Å²) in [5.74, 6) is 0.807. The third kappa shape index (κ3) is 7.46. The van der Waals surface area contributed by atoms with Crippen LogP contribution in [-0.2, 0) is 0 Å². The number of nitriles is 1. The molecule has 0 saturated heterocycles. The molecule has 0 aliphatic carbocycles. The fraction of sp³-hybridized carbons (Fsp3) is 0.625. The first kappa shape index (κ1) is 15.5. The van der Waals surface area contributed by atoms with Gasteiger partial charge in [-0.3, -0.25) is 0 Å². The molecule has 104 valence electrons. The monoisotopic (exact) mass is 259 g/mol. The Morgan fingerprint density at radius 2 is 1.74 bits per heavy atom. The number of anilines is 1. The van der Waals surface area contributed by atoms with E-state index in [2.05, 4.69) is 23.3 Å². The van der Waals surface area contributed by atoms with Crippen molar-refractivity contribution in [3.05, 3.63) is 23.9 Å². The lowest BCUT2D eigenvalue weighted by atomic mass is 10.1. The number of pyridine rings is 1. The molecule has 19 heavy (non-hydrogen) atoms. The van der Waals surface area contributed by atoms with Crippen LogP contribution in [0.4, 0.5) is 5.82 Å². The molecule has 0 unspecified atom stereocenters. The zero-order valence-corrected chi connectivity index (χ0v) is 12.0. The molecule has 0 bridgehead atoms. The molecule has 1 N–H and O–H groups in total. The van der Waals surface area contributed by atoms with E-state index in [0.717, 1.165) is 12.4 Å². The lowest BCUT2D eigenvalue weighted by Crippen LogP contribution is -2.03. The lowest BCUT2D eigenvalue weighted by Gasteiger charge is -2.05. The Hall–Kier alpha value is -1.56. The maximum absolute atomic E-state index is 8.75. The summed E-state index contributed by atoms with van der Waals surface area (Å²) in [6.45, 7) is 3.19. The summed E-state index contributed by atoms with van der Waals surface area (Å²) >= 11 is 0. The van der Waals surface area contributed by atoms with Crippen molar-refractivity contribution in [2.24, 2.45) is 0 Å². The van der Waals surface area contributed by atoms with Gasteiger partial charge in [0.2, 0.25) is 0 Å². The molecule has 0 spiro atoms. The molecule has 1 rings (SSSR count). The number of unbranched alkanes of at least 4 members (excludes halogenated alkanes) is 7. The van der Waals surface area contributed by atoms with Crippen molar-refractivity contribution in [3.63, 3.8) is 0 Å². The van der Waals surface area contributed by atoms with Crippen molar-refractivity contribution in [2.45, 2.75) is 58.3 Å². The molecule has 1 aromatic heterocycles. The molecular weight excluding hydrogens is 234 g/mol. The summed E-state index contributed by atoms with van der Waals surface area (Å²) in [5.41, 5.74) is 0.473. The number of aromatic nitrogens is 1. The summed E-state index contributed by atoms with van der Waals surface area (Å²) in [6.07, 6.45) is 10.6. The minimum absolute atomic E-state index is 0.473. The van der Waals surface area contributed by atoms with Gasteiger partial charge in [-0.05, 0) is 18.6 Å². The van der Waals surface area contributed by atoms with Gasteiger partial charge in [0.05, 0.1) is 0 Å². The number of nitrogens with one attached hydrogen (secondary N) is 1. The van der Waals surface area contributed by atoms with Gasteiger partial charge in [0.25, 0.3) is 0 Å². The summed E-state index contributed by atoms with van der Waals surface area (Å²) in [4.78, 5) is 4.19. The van der Waals surface area contributed by atoms with Gasteiger partial charge in [-0.15, -0.1) is 0 Å². The zero-order chi connectivity index (χ0) is 13.8. The highest BCUT2D eigenvalue weighted by atomic mass is 15.0. The maximum Gasteiger partial charge on any atom is 0.142 e. The first-order chi connectivity index (χ1) is 9.36. The van der Waals surface area contributed by atoms with Crippen molar-refractivity contribution < 1.29 is 0 Å². The van der Waals surface area contributed by atoms with Crippen molar-refractivity contribution in [1.29, 1.82) is 5.26 Å². The molecule has 0 aromatic carbocycles. The normalized spacial score (nSPS) is 10.1. The van der Waals surface area contributed by atoms with Crippen LogP contribution in [0, 0.1) is 11.3 Å². The number of hydrogen-bond acceptors (Lipinski definition) is 3. The smallest absolute Gasteiger partial charge is 0.142 e. The van der Waals surface area contributed by atoms with Crippen LogP contribution in [0.15, 0.2) is 18.2 Å². The minimum Gasteiger partial charge on any atom is -0.370 e. The fourth-order valence-electron chi connectivity index (χ4n) is 2.07. The average molecular weight is 259 g/mol. The molecule has 1 heterocycles. The fourth-order valence-corrected chi connectivity index (χ4v) is 2.07. The Bertz CT molecular complexity index is 382. The summed E-state index contributed by atoms with van der Waals surface area (Å²) in [6, 6.07) is 7.55. The topological polar surface area (TPSA) is 48.7 Å². The molecule has 0 radical (unpaired) electrons. The second-order valence-electron chi connectivity index (χ2n) is 4.92. The Balaban J connectivity index is 2.00. The molecule has 0 atom stereocenters. The van der Waals surface area contributed by atoms with Crippen LogP contribution in [0.1, 0.15) is 64.0 Å². The first-order valence-electron chi connectivity index (χ1n) is 7.48. The molecule has 0 aliphatic rings. The van der Waals surface area contributed by atoms with Crippen molar-refractivity contribution in [3.8, 4) is 6.07 Å². The van der Waals surface area contributed by atoms with Crippen LogP contribution in [0.3, 0.4) is 0 Å². The van der Waals surface area contributed by atoms with E-state index in [4.69, 9.17) is 5.26 Å². The van der Waals surface area contributed by atoms with Gasteiger partial charge >= 0.3 is 0 Å². The van der Waals surface area contributed by atoms with E-state index in [1.165, 1.54) is 51.4 Å². The van der Waals surface area contributed by atoms with Gasteiger partial charge in [0.1, 0.15) is 17.6 Å². The highest BCUT2D eigenvalue weighted by Gasteiger charge is 1.96. The van der Waals surface area contributed by atoms with E-state index in [9.17, 15) is 0 Å². The van der Waals surface area contributed by atoms with Gasteiger partial charge in [-0.1, -0.05) is 57.9 Å². The van der Waals surface area contributed by atoms with E-state index >= 15 is 0 Å². The van der Waals surface area contributed by atoms with E-state index in [1.807, 2.05) is 12.1 Å². The Morgan fingerprint density at radius 3 is 2.42 bits per heavy atom. The Morgan fingerprint density at radius 1 is 1.05 bits per heavy atom. The summed E-state index contributed by atoms with van der Waals surface area (Å²) < 4.78 is 0. The van der Waals surface area contributed by atoms with E-state index < -0.39 is 0 Å². The van der Waals surface area contributed by atoms with Gasteiger partial charge in [-0.2, -0.15) is 5.26 Å². The van der Waals surface area contributed by atoms with Gasteiger partial charge in [0.15, 0.2) is 0 Å². The van der Waals surface area contributed by atoms with Gasteiger partial charge in [0, 0.05) is 6.54 Å². The number of rotatable bonds is 10. The standard InChI is InChI=1S/C16H25N3/c1-2-3-4-5-6-7-8-9-13-18-16-12-10-11-15(14-17)19-16/h10-12H,2-9,13H2,1H3,(H,18,19). The highest BCUT2D eigenvalue weighted by molar-refractivity contribution is 5.38. The molecule has 3 nitrogen and oxygen atoms in total. The quantitative estimate of drug-likeness (QED) is 0.629. The minimum atomic E-state index is 0.473. The number of hydrogen-bond donors (Lipinski definition) is 1. The van der Waals surface area contributed by atoms with Crippen molar-refractivity contribution in [2.75, 3.05) is 11.9 Å². The van der Waals surface area contributed by atoms with Crippen LogP contribution in [0.5, 0.6) is 0 Å². The largest absolute Gasteiger partial charge is 0.370 e. The van der Waals surface area contributed by atoms with Crippen LogP contribution in [-0.4, -0.2) is 11.5 Å². The van der Waals surface area contributed by atoms with E-state index in [0.29, 0.717) is 5.69 Å². The van der Waals surface area contributed by atoms with Gasteiger partial charge < -0.3 is 5.32 Å². The predicted molar refractivity (Wildman–Crippen MR) is 80.1 cm³/mol. The van der Waals surface area contributed by atoms with Crippen LogP contribution in [0.2, 0.25) is 0 Å². The SMILES string of the molecule is CCCCCCCCCCNc1cccc(C#N)n1. The van der Waals surface area contributed by atoms with Crippen LogP contribution in [0.25, 0.3) is 0 Å². The molecule has 0 aliphatic heterocycles. The molecular formula is C16H25N3. The summed E-state index contributed by atoms with van der Waals surface area (Å²) in [7, 11) is 0. The third-order valence-corrected chi connectivity index (χ3v) is 3.20. The van der Waals surface area contributed by atoms with Crippen LogP contribution >= 0.6 is 0 Å².